The van der Waals surface area contributed by atoms with E-state index in [1.165, 1.54) is 18.9 Å². The maximum Gasteiger partial charge on any atom is 0.337 e. The van der Waals surface area contributed by atoms with Crippen molar-refractivity contribution in [2.24, 2.45) is 0 Å². The van der Waals surface area contributed by atoms with E-state index in [0.717, 1.165) is 5.56 Å². The molecule has 2 rings (SSSR count). The SMILES string of the molecule is COC(=O)/C(CN(C)C(C)=O)=C1/NC(=O)c2ccc(C)cc21. The number of carbonyl (C=O) groups is 3. The average molecular weight is 302 g/mol. The van der Waals surface area contributed by atoms with Crippen molar-refractivity contribution in [3.8, 4) is 0 Å². The van der Waals surface area contributed by atoms with Crippen LogP contribution in [0.5, 0.6) is 0 Å². The zero-order valence-electron chi connectivity index (χ0n) is 13.0. The number of nitrogens with zero attached hydrogens (tertiary/aromatic N) is 1. The van der Waals surface area contributed by atoms with Crippen LogP contribution in [0.1, 0.15) is 28.4 Å². The van der Waals surface area contributed by atoms with Gasteiger partial charge in [0, 0.05) is 25.1 Å². The molecule has 0 bridgehead atoms. The summed E-state index contributed by atoms with van der Waals surface area (Å²) in [7, 11) is 2.85. The molecule has 116 valence electrons. The van der Waals surface area contributed by atoms with Gasteiger partial charge in [-0.3, -0.25) is 9.59 Å². The number of hydrogen-bond acceptors (Lipinski definition) is 4. The van der Waals surface area contributed by atoms with Gasteiger partial charge in [0.2, 0.25) is 5.91 Å². The van der Waals surface area contributed by atoms with E-state index in [1.807, 2.05) is 19.1 Å². The van der Waals surface area contributed by atoms with Gasteiger partial charge in [-0.1, -0.05) is 11.6 Å². The topological polar surface area (TPSA) is 75.7 Å². The number of likely N-dealkylation sites (N-methyl/N-ethyl adjacent to an activating group) is 1. The van der Waals surface area contributed by atoms with Gasteiger partial charge in [-0.15, -0.1) is 0 Å². The summed E-state index contributed by atoms with van der Waals surface area (Å²) in [6.45, 7) is 3.37. The number of fused-ring (bicyclic) bond motifs is 1. The molecule has 1 aliphatic heterocycles. The second kappa shape index (κ2) is 6.01. The normalized spacial score (nSPS) is 15.0. The molecule has 0 atom stereocenters. The zero-order valence-corrected chi connectivity index (χ0v) is 13.0. The van der Waals surface area contributed by atoms with E-state index < -0.39 is 5.97 Å². The van der Waals surface area contributed by atoms with Crippen LogP contribution in [0.15, 0.2) is 23.8 Å². The number of benzene rings is 1. The average Bonchev–Trinajstić information content (AvgIpc) is 2.79. The minimum atomic E-state index is -0.572. The molecule has 0 spiro atoms. The van der Waals surface area contributed by atoms with E-state index in [-0.39, 0.29) is 23.9 Å². The molecule has 0 radical (unpaired) electrons. The van der Waals surface area contributed by atoms with Crippen LogP contribution >= 0.6 is 0 Å². The summed E-state index contributed by atoms with van der Waals surface area (Å²) < 4.78 is 4.80. The van der Waals surface area contributed by atoms with Crippen molar-refractivity contribution in [1.29, 1.82) is 0 Å². The third-order valence-corrected chi connectivity index (χ3v) is 3.59. The number of ether oxygens (including phenoxy) is 1. The van der Waals surface area contributed by atoms with Crippen LogP contribution in [0.3, 0.4) is 0 Å². The quantitative estimate of drug-likeness (QED) is 0.670. The Labute approximate surface area is 128 Å². The highest BCUT2D eigenvalue weighted by Crippen LogP contribution is 2.28. The highest BCUT2D eigenvalue weighted by Gasteiger charge is 2.30. The molecule has 1 N–H and O–H groups in total. The smallest absolute Gasteiger partial charge is 0.337 e. The van der Waals surface area contributed by atoms with Crippen LogP contribution in [0.2, 0.25) is 0 Å². The number of aryl methyl sites for hydroxylation is 1. The van der Waals surface area contributed by atoms with E-state index >= 15 is 0 Å². The predicted octanol–water partition coefficient (Wildman–Crippen LogP) is 1.10. The van der Waals surface area contributed by atoms with Crippen LogP contribution in [-0.2, 0) is 14.3 Å². The zero-order chi connectivity index (χ0) is 16.4. The predicted molar refractivity (Wildman–Crippen MR) is 80.9 cm³/mol. The monoisotopic (exact) mass is 302 g/mol. The summed E-state index contributed by atoms with van der Waals surface area (Å²) in [6, 6.07) is 5.39. The first-order valence-electron chi connectivity index (χ1n) is 6.80. The minimum absolute atomic E-state index is 0.0605. The molecule has 6 nitrogen and oxygen atoms in total. The van der Waals surface area contributed by atoms with Crippen LogP contribution in [-0.4, -0.2) is 43.4 Å². The fraction of sp³-hybridized carbons (Fsp3) is 0.312. The number of carbonyl (C=O) groups excluding carboxylic acids is 3. The molecule has 0 saturated heterocycles. The van der Waals surface area contributed by atoms with E-state index in [1.54, 1.807) is 13.1 Å². The maximum absolute atomic E-state index is 12.1. The van der Waals surface area contributed by atoms with E-state index in [4.69, 9.17) is 4.74 Å². The van der Waals surface area contributed by atoms with Crippen molar-refractivity contribution in [3.63, 3.8) is 0 Å². The van der Waals surface area contributed by atoms with E-state index in [9.17, 15) is 14.4 Å². The highest BCUT2D eigenvalue weighted by atomic mass is 16.5. The Morgan fingerprint density at radius 1 is 1.27 bits per heavy atom. The van der Waals surface area contributed by atoms with Gasteiger partial charge in [0.15, 0.2) is 0 Å². The number of hydrogen-bond donors (Lipinski definition) is 1. The van der Waals surface area contributed by atoms with Crippen molar-refractivity contribution in [2.75, 3.05) is 20.7 Å². The highest BCUT2D eigenvalue weighted by molar-refractivity contribution is 6.13. The summed E-state index contributed by atoms with van der Waals surface area (Å²) >= 11 is 0. The Kier molecular flexibility index (Phi) is 4.30. The number of methoxy groups -OCH3 is 1. The Bertz CT molecular complexity index is 691. The van der Waals surface area contributed by atoms with Crippen molar-refractivity contribution < 1.29 is 19.1 Å². The number of amides is 2. The van der Waals surface area contributed by atoms with Crippen LogP contribution in [0.4, 0.5) is 0 Å². The first-order chi connectivity index (χ1) is 10.3. The van der Waals surface area contributed by atoms with Gasteiger partial charge in [0.05, 0.1) is 24.9 Å². The largest absolute Gasteiger partial charge is 0.466 e. The summed E-state index contributed by atoms with van der Waals surface area (Å²) in [5.74, 6) is -1.02. The fourth-order valence-electron chi connectivity index (χ4n) is 2.27. The number of nitrogens with one attached hydrogen (secondary N) is 1. The molecule has 1 heterocycles. The molecule has 1 aromatic carbocycles. The van der Waals surface area contributed by atoms with Gasteiger partial charge in [0.25, 0.3) is 5.91 Å². The Morgan fingerprint density at radius 2 is 1.95 bits per heavy atom. The Hall–Kier alpha value is -2.63. The fourth-order valence-corrected chi connectivity index (χ4v) is 2.27. The minimum Gasteiger partial charge on any atom is -0.466 e. The van der Waals surface area contributed by atoms with E-state index in [0.29, 0.717) is 16.8 Å². The van der Waals surface area contributed by atoms with Crippen molar-refractivity contribution >= 4 is 23.5 Å². The van der Waals surface area contributed by atoms with Gasteiger partial charge >= 0.3 is 5.97 Å². The van der Waals surface area contributed by atoms with Gasteiger partial charge < -0.3 is 15.0 Å². The van der Waals surface area contributed by atoms with Crippen molar-refractivity contribution in [2.45, 2.75) is 13.8 Å². The Balaban J connectivity index is 2.57. The summed E-state index contributed by atoms with van der Waals surface area (Å²) in [6.07, 6.45) is 0. The molecule has 1 aromatic rings. The van der Waals surface area contributed by atoms with Gasteiger partial charge in [-0.05, 0) is 19.1 Å². The summed E-state index contributed by atoms with van der Waals surface area (Å²) in [4.78, 5) is 37.0. The van der Waals surface area contributed by atoms with Crippen molar-refractivity contribution in [3.05, 3.63) is 40.5 Å². The standard InChI is InChI=1S/C16H18N2O4/c1-9-5-6-11-12(7-9)14(17-15(11)20)13(16(21)22-4)8-18(3)10(2)19/h5-7H,8H2,1-4H3,(H,17,20)/b14-13+. The van der Waals surface area contributed by atoms with E-state index in [2.05, 4.69) is 5.32 Å². The second-order valence-electron chi connectivity index (χ2n) is 5.22. The molecular formula is C16H18N2O4. The van der Waals surface area contributed by atoms with Crippen molar-refractivity contribution in [1.82, 2.24) is 10.2 Å². The lowest BCUT2D eigenvalue weighted by Gasteiger charge is -2.18. The van der Waals surface area contributed by atoms with Gasteiger partial charge in [-0.2, -0.15) is 0 Å². The Morgan fingerprint density at radius 3 is 2.55 bits per heavy atom. The van der Waals surface area contributed by atoms with Crippen LogP contribution in [0, 0.1) is 6.92 Å². The maximum atomic E-state index is 12.1. The first-order valence-corrected chi connectivity index (χ1v) is 6.80. The molecule has 0 aliphatic carbocycles. The molecule has 0 fully saturated rings. The molecule has 2 amide bonds. The van der Waals surface area contributed by atoms with Crippen LogP contribution in [0.25, 0.3) is 5.70 Å². The lowest BCUT2D eigenvalue weighted by molar-refractivity contribution is -0.136. The molecule has 0 unspecified atom stereocenters. The molecule has 1 aliphatic rings. The number of esters is 1. The van der Waals surface area contributed by atoms with Crippen LogP contribution < -0.4 is 5.32 Å². The molecule has 22 heavy (non-hydrogen) atoms. The molecule has 6 heteroatoms. The molecule has 0 saturated carbocycles. The summed E-state index contributed by atoms with van der Waals surface area (Å²) in [5.41, 5.74) is 2.79. The lowest BCUT2D eigenvalue weighted by Crippen LogP contribution is -2.30. The summed E-state index contributed by atoms with van der Waals surface area (Å²) in [5, 5.41) is 2.71. The lowest BCUT2D eigenvalue weighted by atomic mass is 10.0. The molecule has 0 aromatic heterocycles. The third-order valence-electron chi connectivity index (χ3n) is 3.59. The van der Waals surface area contributed by atoms with Gasteiger partial charge in [-0.25, -0.2) is 4.79 Å². The second-order valence-corrected chi connectivity index (χ2v) is 5.22. The first kappa shape index (κ1) is 15.8. The van der Waals surface area contributed by atoms with Gasteiger partial charge in [0.1, 0.15) is 0 Å². The molecular weight excluding hydrogens is 284 g/mol. The number of rotatable bonds is 3. The third kappa shape index (κ3) is 2.86.